The number of aliphatic hydroxyl groups is 1. The van der Waals surface area contributed by atoms with Crippen LogP contribution in [0.15, 0.2) is 18.6 Å². The molecule has 0 aromatic carbocycles. The molecule has 3 N–H and O–H groups in total. The van der Waals surface area contributed by atoms with Crippen molar-refractivity contribution in [3.63, 3.8) is 0 Å². The molecule has 0 amide bonds. The average Bonchev–Trinajstić information content (AvgIpc) is 3.04. The zero-order valence-electron chi connectivity index (χ0n) is 11.0. The largest absolute Gasteiger partial charge is 0.509 e. The van der Waals surface area contributed by atoms with Crippen molar-refractivity contribution in [1.29, 1.82) is 0 Å². The molecule has 2 aliphatic rings. The number of nitrogens with zero attached hydrogens (tertiary/aromatic N) is 3. The van der Waals surface area contributed by atoms with E-state index in [1.165, 1.54) is 6.33 Å². The number of rotatable bonds is 1. The summed E-state index contributed by atoms with van der Waals surface area (Å²) in [5.74, 6) is 0.332. The van der Waals surface area contributed by atoms with Gasteiger partial charge in [-0.2, -0.15) is 0 Å². The van der Waals surface area contributed by atoms with Crippen LogP contribution in [0.25, 0.3) is 11.0 Å². The van der Waals surface area contributed by atoms with E-state index in [9.17, 15) is 9.90 Å². The molecule has 2 fully saturated rings. The molecule has 4 atom stereocenters. The van der Waals surface area contributed by atoms with Gasteiger partial charge in [0, 0.05) is 6.20 Å². The van der Waals surface area contributed by atoms with Crippen LogP contribution in [-0.2, 0) is 14.2 Å². The summed E-state index contributed by atoms with van der Waals surface area (Å²) in [6, 6.07) is 1.73. The molecule has 0 aliphatic carbocycles. The monoisotopic (exact) mass is 292 g/mol. The van der Waals surface area contributed by atoms with E-state index < -0.39 is 30.4 Å². The highest BCUT2D eigenvalue weighted by Gasteiger charge is 2.64. The summed E-state index contributed by atoms with van der Waals surface area (Å²) in [7, 11) is 0. The molecule has 0 radical (unpaired) electrons. The lowest BCUT2D eigenvalue weighted by Crippen LogP contribution is -2.41. The van der Waals surface area contributed by atoms with E-state index in [4.69, 9.17) is 19.9 Å². The number of ether oxygens (including phenoxy) is 3. The van der Waals surface area contributed by atoms with Gasteiger partial charge in [0.1, 0.15) is 17.8 Å². The van der Waals surface area contributed by atoms with Gasteiger partial charge >= 0.3 is 6.16 Å². The maximum absolute atomic E-state index is 11.4. The van der Waals surface area contributed by atoms with Gasteiger partial charge < -0.3 is 29.6 Å². The van der Waals surface area contributed by atoms with Crippen molar-refractivity contribution in [3.8, 4) is 0 Å². The van der Waals surface area contributed by atoms with Crippen LogP contribution in [0.1, 0.15) is 13.2 Å². The van der Waals surface area contributed by atoms with Crippen molar-refractivity contribution >= 4 is 23.0 Å². The van der Waals surface area contributed by atoms with Gasteiger partial charge in [-0.05, 0) is 13.0 Å². The molecule has 9 nitrogen and oxygen atoms in total. The lowest BCUT2D eigenvalue weighted by molar-refractivity contribution is -0.153. The first-order valence-corrected chi connectivity index (χ1v) is 6.31. The maximum Gasteiger partial charge on any atom is 0.509 e. The highest BCUT2D eigenvalue weighted by atomic mass is 16.8. The predicted octanol–water partition coefficient (Wildman–Crippen LogP) is 0.155. The Balaban J connectivity index is 1.85. The average molecular weight is 292 g/mol. The summed E-state index contributed by atoms with van der Waals surface area (Å²) in [5, 5.41) is 10.6. The Bertz CT molecular complexity index is 746. The summed E-state index contributed by atoms with van der Waals surface area (Å²) in [4.78, 5) is 19.5. The van der Waals surface area contributed by atoms with E-state index in [1.54, 1.807) is 23.8 Å². The number of hydrogen-bond donors (Lipinski definition) is 2. The molecule has 9 heteroatoms. The molecular formula is C12H12N4O5. The SMILES string of the molecule is C[C@@]12OC(=O)O[C@@H]1C(O)O[C@H]2n1ccc2c(N)ncnc21. The first-order chi connectivity index (χ1) is 10.0. The summed E-state index contributed by atoms with van der Waals surface area (Å²) in [5.41, 5.74) is 5.16. The number of nitrogens with two attached hydrogens (primary N) is 1. The van der Waals surface area contributed by atoms with Crippen molar-refractivity contribution in [2.75, 3.05) is 5.73 Å². The number of anilines is 1. The number of hydrogen-bond acceptors (Lipinski definition) is 8. The molecular weight excluding hydrogens is 280 g/mol. The molecule has 2 saturated heterocycles. The maximum atomic E-state index is 11.4. The minimum absolute atomic E-state index is 0.332. The van der Waals surface area contributed by atoms with Gasteiger partial charge in [0.2, 0.25) is 0 Å². The Labute approximate surface area is 118 Å². The Hall–Kier alpha value is -2.39. The molecule has 21 heavy (non-hydrogen) atoms. The molecule has 0 spiro atoms. The molecule has 110 valence electrons. The third kappa shape index (κ3) is 1.49. The molecule has 0 bridgehead atoms. The van der Waals surface area contributed by atoms with Crippen molar-refractivity contribution in [3.05, 3.63) is 18.6 Å². The summed E-state index contributed by atoms with van der Waals surface area (Å²) in [6.45, 7) is 1.64. The van der Waals surface area contributed by atoms with Gasteiger partial charge in [0.15, 0.2) is 24.2 Å². The summed E-state index contributed by atoms with van der Waals surface area (Å²) in [6.07, 6.45) is -0.769. The standard InChI is InChI=1S/C12H12N4O5/c1-12-6(19-11(18)21-12)9(17)20-10(12)16-3-2-5-7(13)14-4-15-8(5)16/h2-4,6,9-10,17H,1H3,(H2,13,14,15)/t6-,9?,10-,12-/m1/s1. The van der Waals surface area contributed by atoms with Crippen LogP contribution in [0.4, 0.5) is 10.6 Å². The van der Waals surface area contributed by atoms with Crippen LogP contribution < -0.4 is 5.73 Å². The van der Waals surface area contributed by atoms with Crippen molar-refractivity contribution < 1.29 is 24.1 Å². The van der Waals surface area contributed by atoms with Crippen LogP contribution >= 0.6 is 0 Å². The van der Waals surface area contributed by atoms with Crippen LogP contribution in [0.5, 0.6) is 0 Å². The van der Waals surface area contributed by atoms with Crippen molar-refractivity contribution in [2.24, 2.45) is 0 Å². The van der Waals surface area contributed by atoms with Crippen molar-refractivity contribution in [2.45, 2.75) is 31.1 Å². The first-order valence-electron chi connectivity index (χ1n) is 6.31. The van der Waals surface area contributed by atoms with E-state index in [2.05, 4.69) is 9.97 Å². The van der Waals surface area contributed by atoms with Gasteiger partial charge in [0.25, 0.3) is 0 Å². The van der Waals surface area contributed by atoms with Crippen LogP contribution in [0, 0.1) is 0 Å². The van der Waals surface area contributed by atoms with E-state index in [0.717, 1.165) is 0 Å². The summed E-state index contributed by atoms with van der Waals surface area (Å²) >= 11 is 0. The highest BCUT2D eigenvalue weighted by molar-refractivity contribution is 5.86. The molecule has 2 aromatic heterocycles. The van der Waals surface area contributed by atoms with Gasteiger partial charge in [-0.1, -0.05) is 0 Å². The fraction of sp³-hybridized carbons (Fsp3) is 0.417. The molecule has 4 rings (SSSR count). The van der Waals surface area contributed by atoms with Crippen molar-refractivity contribution in [1.82, 2.24) is 14.5 Å². The fourth-order valence-electron chi connectivity index (χ4n) is 2.87. The zero-order chi connectivity index (χ0) is 14.8. The fourth-order valence-corrected chi connectivity index (χ4v) is 2.87. The van der Waals surface area contributed by atoms with Crippen LogP contribution in [-0.4, -0.2) is 43.8 Å². The van der Waals surface area contributed by atoms with E-state index in [1.807, 2.05) is 0 Å². The number of fused-ring (bicyclic) bond motifs is 2. The lowest BCUT2D eigenvalue weighted by atomic mass is 9.99. The van der Waals surface area contributed by atoms with E-state index >= 15 is 0 Å². The number of carbonyl (C=O) groups is 1. The quantitative estimate of drug-likeness (QED) is 0.712. The zero-order valence-corrected chi connectivity index (χ0v) is 11.0. The Morgan fingerprint density at radius 2 is 2.29 bits per heavy atom. The first kappa shape index (κ1) is 12.4. The minimum Gasteiger partial charge on any atom is -0.421 e. The minimum atomic E-state index is -1.27. The van der Waals surface area contributed by atoms with Gasteiger partial charge in [-0.25, -0.2) is 14.8 Å². The second-order valence-corrected chi connectivity index (χ2v) is 5.17. The van der Waals surface area contributed by atoms with Gasteiger partial charge in [-0.3, -0.25) is 0 Å². The predicted molar refractivity (Wildman–Crippen MR) is 67.8 cm³/mol. The number of aliphatic hydroxyl groups excluding tert-OH is 1. The topological polar surface area (TPSA) is 122 Å². The molecule has 2 aliphatic heterocycles. The second kappa shape index (κ2) is 3.83. The van der Waals surface area contributed by atoms with Gasteiger partial charge in [0.05, 0.1) is 5.39 Å². The number of nitrogen functional groups attached to an aromatic ring is 1. The van der Waals surface area contributed by atoms with Gasteiger partial charge in [-0.15, -0.1) is 0 Å². The van der Waals surface area contributed by atoms with E-state index in [-0.39, 0.29) is 0 Å². The van der Waals surface area contributed by atoms with Crippen LogP contribution in [0.3, 0.4) is 0 Å². The number of aromatic nitrogens is 3. The smallest absolute Gasteiger partial charge is 0.421 e. The second-order valence-electron chi connectivity index (χ2n) is 5.17. The normalized spacial score (nSPS) is 34.8. The highest BCUT2D eigenvalue weighted by Crippen LogP contribution is 2.46. The molecule has 2 aromatic rings. The summed E-state index contributed by atoms with van der Waals surface area (Å²) < 4.78 is 17.3. The molecule has 4 heterocycles. The van der Waals surface area contributed by atoms with Crippen LogP contribution in [0.2, 0.25) is 0 Å². The molecule has 0 saturated carbocycles. The lowest BCUT2D eigenvalue weighted by Gasteiger charge is -2.26. The molecule has 1 unspecified atom stereocenters. The Kier molecular flexibility index (Phi) is 2.25. The third-order valence-corrected chi connectivity index (χ3v) is 3.90. The van der Waals surface area contributed by atoms with E-state index in [0.29, 0.717) is 16.9 Å². The third-order valence-electron chi connectivity index (χ3n) is 3.90. The number of carbonyl (C=O) groups excluding carboxylic acids is 1. The Morgan fingerprint density at radius 1 is 1.48 bits per heavy atom. The Morgan fingerprint density at radius 3 is 3.10 bits per heavy atom.